The van der Waals surface area contributed by atoms with Crippen LogP contribution in [0.15, 0.2) is 42.5 Å². The molecular weight excluding hydrogens is 132 g/mol. The molecule has 0 saturated heterocycles. The molecule has 0 radical (unpaired) electrons. The quantitative estimate of drug-likeness (QED) is 0.495. The van der Waals surface area contributed by atoms with Gasteiger partial charge in [0.2, 0.25) is 0 Å². The minimum absolute atomic E-state index is 1.10. The van der Waals surface area contributed by atoms with E-state index in [-0.39, 0.29) is 0 Å². The first-order chi connectivity index (χ1) is 5.38. The van der Waals surface area contributed by atoms with Crippen LogP contribution in [-0.4, -0.2) is 0 Å². The van der Waals surface area contributed by atoms with Crippen LogP contribution in [0.4, 0.5) is 0 Å². The van der Waals surface area contributed by atoms with E-state index in [2.05, 4.69) is 25.1 Å². The van der Waals surface area contributed by atoms with Crippen molar-refractivity contribution >= 4 is 10.8 Å². The molecule has 2 rings (SSSR count). The minimum Gasteiger partial charge on any atom is -0.198 e. The second kappa shape index (κ2) is 2.31. The summed E-state index contributed by atoms with van der Waals surface area (Å²) >= 11 is 0. The second-order valence-corrected chi connectivity index (χ2v) is 2.64. The average molecular weight is 141 g/mol. The Bertz CT molecular complexity index is 369. The Hall–Kier alpha value is -1.43. The Morgan fingerprint density at radius 2 is 1.55 bits per heavy atom. The minimum atomic E-state index is 1.10. The highest BCUT2D eigenvalue weighted by Crippen LogP contribution is 2.16. The topological polar surface area (TPSA) is 0 Å². The molecule has 0 nitrogen and oxygen atoms in total. The van der Waals surface area contributed by atoms with Crippen LogP contribution in [0.1, 0.15) is 5.56 Å². The van der Waals surface area contributed by atoms with Crippen LogP contribution in [-0.2, 0) is 0 Å². The van der Waals surface area contributed by atoms with Crippen molar-refractivity contribution < 1.29 is 0 Å². The van der Waals surface area contributed by atoms with Crippen LogP contribution in [0.2, 0.25) is 0 Å². The molecule has 0 atom stereocenters. The van der Waals surface area contributed by atoms with Crippen LogP contribution in [0, 0.1) is 6.92 Å². The summed E-state index contributed by atoms with van der Waals surface area (Å²) in [5, 5.41) is 2.51. The summed E-state index contributed by atoms with van der Waals surface area (Å²) in [6.07, 6.45) is 0. The zero-order valence-corrected chi connectivity index (χ0v) is 6.25. The molecule has 0 amide bonds. The molecule has 2 aromatic rings. The number of fused-ring (bicyclic) bond motifs is 1. The van der Waals surface area contributed by atoms with Crippen molar-refractivity contribution in [3.8, 4) is 0 Å². The fraction of sp³-hybridized carbons (Fsp3) is 0. The molecule has 0 heterocycles. The zero-order chi connectivity index (χ0) is 7.68. The Labute approximate surface area is 66.5 Å². The summed E-state index contributed by atoms with van der Waals surface area (Å²) < 4.78 is 0. The van der Waals surface area contributed by atoms with Gasteiger partial charge < -0.3 is 0 Å². The van der Waals surface area contributed by atoms with Crippen LogP contribution in [0.5, 0.6) is 0 Å². The molecular formula is C11H9-. The van der Waals surface area contributed by atoms with Crippen LogP contribution in [0.25, 0.3) is 10.8 Å². The number of hydrogen-bond acceptors (Lipinski definition) is 0. The summed E-state index contributed by atoms with van der Waals surface area (Å²) in [7, 11) is 0. The molecule has 0 bridgehead atoms. The number of benzene rings is 2. The second-order valence-electron chi connectivity index (χ2n) is 2.64. The van der Waals surface area contributed by atoms with Gasteiger partial charge in [-0.25, -0.2) is 0 Å². The van der Waals surface area contributed by atoms with E-state index in [1.165, 1.54) is 10.8 Å². The molecule has 0 heteroatoms. The third kappa shape index (κ3) is 0.966. The predicted octanol–water partition coefficient (Wildman–Crippen LogP) is 3.02. The van der Waals surface area contributed by atoms with Crippen molar-refractivity contribution in [2.75, 3.05) is 0 Å². The van der Waals surface area contributed by atoms with Gasteiger partial charge in [-0.15, -0.1) is 17.5 Å². The maximum atomic E-state index is 3.95. The third-order valence-corrected chi connectivity index (χ3v) is 1.88. The standard InChI is InChI=1S/C11H9/c1-9-5-4-7-10-6-2-3-8-11(9)10/h2-8H,1H2/q-1. The molecule has 0 saturated carbocycles. The Kier molecular flexibility index (Phi) is 1.32. The fourth-order valence-electron chi connectivity index (χ4n) is 1.29. The Morgan fingerprint density at radius 1 is 0.818 bits per heavy atom. The first-order valence-corrected chi connectivity index (χ1v) is 3.67. The molecule has 0 fully saturated rings. The predicted molar refractivity (Wildman–Crippen MR) is 48.4 cm³/mol. The molecule has 2 aromatic carbocycles. The SMILES string of the molecule is [CH2-]c1cccc2ccccc12. The van der Waals surface area contributed by atoms with Gasteiger partial charge in [-0.1, -0.05) is 29.7 Å². The molecule has 54 valence electrons. The Balaban J connectivity index is 2.91. The monoisotopic (exact) mass is 141 g/mol. The lowest BCUT2D eigenvalue weighted by molar-refractivity contribution is 1.68. The lowest BCUT2D eigenvalue weighted by Gasteiger charge is -2.07. The van der Waals surface area contributed by atoms with Gasteiger partial charge in [0.25, 0.3) is 0 Å². The van der Waals surface area contributed by atoms with Crippen molar-refractivity contribution in [1.29, 1.82) is 0 Å². The van der Waals surface area contributed by atoms with Gasteiger partial charge >= 0.3 is 0 Å². The lowest BCUT2D eigenvalue weighted by Crippen LogP contribution is -1.75. The zero-order valence-electron chi connectivity index (χ0n) is 6.25. The van der Waals surface area contributed by atoms with Crippen molar-refractivity contribution in [3.05, 3.63) is 55.0 Å². The van der Waals surface area contributed by atoms with Gasteiger partial charge in [-0.3, -0.25) is 0 Å². The maximum Gasteiger partial charge on any atom is -0.0637 e. The van der Waals surface area contributed by atoms with Crippen LogP contribution < -0.4 is 0 Å². The van der Waals surface area contributed by atoms with Crippen molar-refractivity contribution in [1.82, 2.24) is 0 Å². The first-order valence-electron chi connectivity index (χ1n) is 3.67. The van der Waals surface area contributed by atoms with E-state index in [1.807, 2.05) is 24.3 Å². The van der Waals surface area contributed by atoms with Gasteiger partial charge in [0, 0.05) is 0 Å². The number of hydrogen-bond donors (Lipinski definition) is 0. The summed E-state index contributed by atoms with van der Waals surface area (Å²) in [6.45, 7) is 3.95. The molecule has 0 aromatic heterocycles. The lowest BCUT2D eigenvalue weighted by atomic mass is 10.1. The van der Waals surface area contributed by atoms with E-state index in [0.29, 0.717) is 0 Å². The fourth-order valence-corrected chi connectivity index (χ4v) is 1.29. The van der Waals surface area contributed by atoms with Gasteiger partial charge in [-0.2, -0.15) is 18.6 Å². The highest BCUT2D eigenvalue weighted by atomic mass is 14.0. The first kappa shape index (κ1) is 6.29. The van der Waals surface area contributed by atoms with Gasteiger partial charge in [-0.05, 0) is 0 Å². The van der Waals surface area contributed by atoms with Crippen LogP contribution >= 0.6 is 0 Å². The molecule has 0 aliphatic heterocycles. The van der Waals surface area contributed by atoms with E-state index in [1.54, 1.807) is 0 Å². The Morgan fingerprint density at radius 3 is 2.36 bits per heavy atom. The largest absolute Gasteiger partial charge is 0.198 e. The summed E-state index contributed by atoms with van der Waals surface area (Å²) in [5.41, 5.74) is 1.10. The normalized spacial score (nSPS) is 10.2. The highest BCUT2D eigenvalue weighted by Gasteiger charge is 1.84. The summed E-state index contributed by atoms with van der Waals surface area (Å²) in [5.74, 6) is 0. The van der Waals surface area contributed by atoms with E-state index < -0.39 is 0 Å². The van der Waals surface area contributed by atoms with Gasteiger partial charge in [0.05, 0.1) is 0 Å². The highest BCUT2D eigenvalue weighted by molar-refractivity contribution is 5.86. The maximum absolute atomic E-state index is 3.95. The smallest absolute Gasteiger partial charge is 0.0637 e. The van der Waals surface area contributed by atoms with E-state index in [9.17, 15) is 0 Å². The van der Waals surface area contributed by atoms with Crippen molar-refractivity contribution in [3.63, 3.8) is 0 Å². The third-order valence-electron chi connectivity index (χ3n) is 1.88. The van der Waals surface area contributed by atoms with Crippen molar-refractivity contribution in [2.24, 2.45) is 0 Å². The van der Waals surface area contributed by atoms with Gasteiger partial charge in [0.1, 0.15) is 0 Å². The van der Waals surface area contributed by atoms with E-state index in [0.717, 1.165) is 5.56 Å². The van der Waals surface area contributed by atoms with Gasteiger partial charge in [0.15, 0.2) is 0 Å². The molecule has 0 aliphatic carbocycles. The van der Waals surface area contributed by atoms with E-state index in [4.69, 9.17) is 0 Å². The molecule has 0 unspecified atom stereocenters. The summed E-state index contributed by atoms with van der Waals surface area (Å²) in [4.78, 5) is 0. The summed E-state index contributed by atoms with van der Waals surface area (Å²) in [6, 6.07) is 14.4. The van der Waals surface area contributed by atoms with Crippen molar-refractivity contribution in [2.45, 2.75) is 0 Å². The van der Waals surface area contributed by atoms with Crippen LogP contribution in [0.3, 0.4) is 0 Å². The molecule has 11 heavy (non-hydrogen) atoms. The molecule has 0 N–H and O–H groups in total. The van der Waals surface area contributed by atoms with E-state index >= 15 is 0 Å². The number of rotatable bonds is 0. The molecule has 0 spiro atoms. The average Bonchev–Trinajstić information content (AvgIpc) is 2.06. The molecule has 0 aliphatic rings.